The maximum Gasteiger partial charge on any atom is 0.338 e. The second kappa shape index (κ2) is 14.9. The van der Waals surface area contributed by atoms with E-state index in [4.69, 9.17) is 27.9 Å². The minimum Gasteiger partial charge on any atom is -0.462 e. The van der Waals surface area contributed by atoms with Crippen LogP contribution in [0.3, 0.4) is 0 Å². The van der Waals surface area contributed by atoms with Gasteiger partial charge in [0.25, 0.3) is 0 Å². The Balaban J connectivity index is 1.49. The van der Waals surface area contributed by atoms with Crippen molar-refractivity contribution in [2.45, 2.75) is 82.5 Å². The van der Waals surface area contributed by atoms with Crippen LogP contribution in [0.2, 0.25) is 10.0 Å². The second-order valence-electron chi connectivity index (χ2n) is 11.4. The van der Waals surface area contributed by atoms with Crippen LogP contribution in [-0.4, -0.2) is 71.3 Å². The van der Waals surface area contributed by atoms with Gasteiger partial charge in [0, 0.05) is 13.0 Å². The number of nitrogens with zero attached hydrogens (tertiary/aromatic N) is 1. The molecule has 2 saturated heterocycles. The van der Waals surface area contributed by atoms with Crippen molar-refractivity contribution in [2.24, 2.45) is 0 Å². The van der Waals surface area contributed by atoms with Crippen LogP contribution in [0.25, 0.3) is 0 Å². The molecule has 10 nitrogen and oxygen atoms in total. The largest absolute Gasteiger partial charge is 0.462 e. The number of amides is 4. The number of hydrogen-bond acceptors (Lipinski definition) is 6. The number of halogens is 2. The zero-order valence-electron chi connectivity index (χ0n) is 24.9. The fraction of sp³-hybridized carbons (Fsp3) is 0.469. The standard InChI is InChI=1S/C32H38Cl2N4O6/c1-3-32(2)31(43)36-25(19-20-14-15-22(33)23(34)18-20)29(41)38-16-9-13-26(38)28(40)35-24(27(39)37-32)12-7-8-17-44-30(42)21-10-5-4-6-11-21/h4-6,10-11,14-15,18,24-26H,3,7-9,12-13,16-17,19H2,1-2H3,(H,35,40)(H,36,43)(H,37,39)/t24-,25?,26+,32-/m0/s1. The Morgan fingerprint density at radius 3 is 2.43 bits per heavy atom. The van der Waals surface area contributed by atoms with E-state index < -0.39 is 47.4 Å². The Morgan fingerprint density at radius 2 is 1.73 bits per heavy atom. The Hall–Kier alpha value is -3.63. The van der Waals surface area contributed by atoms with E-state index in [-0.39, 0.29) is 31.8 Å². The third kappa shape index (κ3) is 8.09. The van der Waals surface area contributed by atoms with Gasteiger partial charge in [0.2, 0.25) is 23.6 Å². The van der Waals surface area contributed by atoms with Gasteiger partial charge in [-0.2, -0.15) is 0 Å². The van der Waals surface area contributed by atoms with Crippen molar-refractivity contribution in [1.82, 2.24) is 20.9 Å². The van der Waals surface area contributed by atoms with Gasteiger partial charge >= 0.3 is 5.97 Å². The summed E-state index contributed by atoms with van der Waals surface area (Å²) in [7, 11) is 0. The molecule has 0 bridgehead atoms. The van der Waals surface area contributed by atoms with Crippen LogP contribution in [-0.2, 0) is 30.3 Å². The quantitative estimate of drug-likeness (QED) is 0.281. The SMILES string of the molecule is CC[C@]1(C)NC(=O)[C@H](CCCCOC(=O)c2ccccc2)NC(=O)[C@H]2CCCN2C(=O)C(Cc2ccc(Cl)c(Cl)c2)NC1=O. The summed E-state index contributed by atoms with van der Waals surface area (Å²) in [6, 6.07) is 10.9. The molecule has 4 rings (SSSR count). The molecule has 12 heteroatoms. The van der Waals surface area contributed by atoms with Gasteiger partial charge in [-0.05, 0) is 75.3 Å². The van der Waals surface area contributed by atoms with Crippen molar-refractivity contribution in [3.8, 4) is 0 Å². The van der Waals surface area contributed by atoms with Crippen molar-refractivity contribution >= 4 is 52.8 Å². The summed E-state index contributed by atoms with van der Waals surface area (Å²) >= 11 is 12.3. The van der Waals surface area contributed by atoms with E-state index in [1.165, 1.54) is 4.90 Å². The molecule has 44 heavy (non-hydrogen) atoms. The number of rotatable bonds is 9. The average molecular weight is 646 g/mol. The Morgan fingerprint density at radius 1 is 0.977 bits per heavy atom. The van der Waals surface area contributed by atoms with Crippen molar-refractivity contribution in [2.75, 3.05) is 13.2 Å². The van der Waals surface area contributed by atoms with Gasteiger partial charge in [-0.25, -0.2) is 4.79 Å². The summed E-state index contributed by atoms with van der Waals surface area (Å²) in [5.41, 5.74) is -0.224. The first-order valence-electron chi connectivity index (χ1n) is 14.9. The molecule has 3 N–H and O–H groups in total. The number of esters is 1. The number of ether oxygens (including phenoxy) is 1. The molecular weight excluding hydrogens is 607 g/mol. The molecule has 4 atom stereocenters. The summed E-state index contributed by atoms with van der Waals surface area (Å²) in [6.45, 7) is 3.84. The van der Waals surface area contributed by atoms with Crippen LogP contribution in [0, 0.1) is 0 Å². The molecule has 2 aromatic carbocycles. The van der Waals surface area contributed by atoms with Crippen molar-refractivity contribution in [1.29, 1.82) is 0 Å². The first kappa shape index (κ1) is 33.3. The van der Waals surface area contributed by atoms with E-state index in [0.717, 1.165) is 0 Å². The maximum atomic E-state index is 13.9. The summed E-state index contributed by atoms with van der Waals surface area (Å²) in [4.78, 5) is 68.3. The van der Waals surface area contributed by atoms with Crippen LogP contribution < -0.4 is 16.0 Å². The molecule has 236 valence electrons. The van der Waals surface area contributed by atoms with Crippen LogP contribution in [0.4, 0.5) is 0 Å². The normalized spacial score (nSPS) is 24.4. The van der Waals surface area contributed by atoms with E-state index in [9.17, 15) is 24.0 Å². The highest BCUT2D eigenvalue weighted by molar-refractivity contribution is 6.42. The topological polar surface area (TPSA) is 134 Å². The first-order chi connectivity index (χ1) is 21.0. The summed E-state index contributed by atoms with van der Waals surface area (Å²) in [6.07, 6.45) is 2.58. The fourth-order valence-electron chi connectivity index (χ4n) is 5.40. The lowest BCUT2D eigenvalue weighted by atomic mass is 9.94. The highest BCUT2D eigenvalue weighted by atomic mass is 35.5. The van der Waals surface area contributed by atoms with E-state index in [0.29, 0.717) is 53.4 Å². The minimum absolute atomic E-state index is 0.123. The predicted octanol–water partition coefficient (Wildman–Crippen LogP) is 3.82. The zero-order chi connectivity index (χ0) is 31.9. The molecule has 2 fully saturated rings. The number of unbranched alkanes of at least 4 members (excludes halogenated alkanes) is 1. The van der Waals surface area contributed by atoms with Crippen molar-refractivity contribution in [3.05, 3.63) is 69.7 Å². The predicted molar refractivity (Wildman–Crippen MR) is 166 cm³/mol. The van der Waals surface area contributed by atoms with Crippen LogP contribution in [0.1, 0.15) is 68.3 Å². The van der Waals surface area contributed by atoms with Gasteiger partial charge in [-0.1, -0.05) is 54.4 Å². The van der Waals surface area contributed by atoms with Crippen molar-refractivity contribution in [3.63, 3.8) is 0 Å². The first-order valence-corrected chi connectivity index (χ1v) is 15.7. The van der Waals surface area contributed by atoms with Crippen molar-refractivity contribution < 1.29 is 28.7 Å². The smallest absolute Gasteiger partial charge is 0.338 e. The Bertz CT molecular complexity index is 1390. The molecule has 0 spiro atoms. The maximum absolute atomic E-state index is 13.9. The summed E-state index contributed by atoms with van der Waals surface area (Å²) in [5.74, 6) is -2.26. The molecule has 2 aliphatic heterocycles. The molecule has 2 aliphatic rings. The van der Waals surface area contributed by atoms with Gasteiger partial charge in [0.1, 0.15) is 23.7 Å². The number of nitrogens with one attached hydrogen (secondary N) is 3. The third-order valence-electron chi connectivity index (χ3n) is 8.24. The summed E-state index contributed by atoms with van der Waals surface area (Å²) in [5, 5.41) is 9.20. The lowest BCUT2D eigenvalue weighted by Gasteiger charge is -2.36. The van der Waals surface area contributed by atoms with Gasteiger partial charge in [-0.3, -0.25) is 19.2 Å². The van der Waals surface area contributed by atoms with Gasteiger partial charge in [0.05, 0.1) is 22.2 Å². The lowest BCUT2D eigenvalue weighted by molar-refractivity contribution is -0.144. The highest BCUT2D eigenvalue weighted by Crippen LogP contribution is 2.25. The highest BCUT2D eigenvalue weighted by Gasteiger charge is 2.43. The molecular formula is C32H38Cl2N4O6. The molecule has 1 unspecified atom stereocenters. The molecule has 0 radical (unpaired) electrons. The van der Waals surface area contributed by atoms with Gasteiger partial charge in [0.15, 0.2) is 0 Å². The molecule has 2 aromatic rings. The monoisotopic (exact) mass is 644 g/mol. The molecule has 4 amide bonds. The van der Waals surface area contributed by atoms with Crippen LogP contribution in [0.5, 0.6) is 0 Å². The van der Waals surface area contributed by atoms with E-state index in [2.05, 4.69) is 16.0 Å². The fourth-order valence-corrected chi connectivity index (χ4v) is 5.72. The van der Waals surface area contributed by atoms with E-state index in [1.54, 1.807) is 56.3 Å². The molecule has 0 aromatic heterocycles. The Labute approximate surface area is 267 Å². The van der Waals surface area contributed by atoms with Crippen LogP contribution >= 0.6 is 23.2 Å². The zero-order valence-corrected chi connectivity index (χ0v) is 26.4. The summed E-state index contributed by atoms with van der Waals surface area (Å²) < 4.78 is 5.34. The number of benzene rings is 2. The van der Waals surface area contributed by atoms with E-state index >= 15 is 0 Å². The van der Waals surface area contributed by atoms with E-state index in [1.807, 2.05) is 6.07 Å². The molecule has 0 aliphatic carbocycles. The van der Waals surface area contributed by atoms with Crippen LogP contribution in [0.15, 0.2) is 48.5 Å². The number of carbonyl (C=O) groups is 5. The van der Waals surface area contributed by atoms with Gasteiger partial charge < -0.3 is 25.6 Å². The number of hydrogen-bond donors (Lipinski definition) is 3. The Kier molecular flexibility index (Phi) is 11.3. The molecule has 2 heterocycles. The molecule has 0 saturated carbocycles. The minimum atomic E-state index is -1.36. The van der Waals surface area contributed by atoms with Gasteiger partial charge in [-0.15, -0.1) is 0 Å². The average Bonchev–Trinajstić information content (AvgIpc) is 3.51. The number of fused-ring (bicyclic) bond motifs is 1. The lowest BCUT2D eigenvalue weighted by Crippen LogP contribution is -2.65. The second-order valence-corrected chi connectivity index (χ2v) is 12.2. The third-order valence-corrected chi connectivity index (χ3v) is 8.97. The number of carbonyl (C=O) groups excluding carboxylic acids is 5.